The van der Waals surface area contributed by atoms with Crippen molar-refractivity contribution in [2.75, 3.05) is 35.6 Å². The molecule has 5 heteroatoms. The van der Waals surface area contributed by atoms with Crippen LogP contribution < -0.4 is 16.0 Å². The molecule has 1 aliphatic carbocycles. The molecule has 2 heterocycles. The fourth-order valence-corrected chi connectivity index (χ4v) is 3.31. The van der Waals surface area contributed by atoms with Crippen molar-refractivity contribution in [1.29, 1.82) is 0 Å². The Hall–Kier alpha value is -1.52. The zero-order valence-corrected chi connectivity index (χ0v) is 10.9. The van der Waals surface area contributed by atoms with Crippen LogP contribution in [-0.2, 0) is 0 Å². The van der Waals surface area contributed by atoms with Gasteiger partial charge in [-0.25, -0.2) is 0 Å². The molecule has 18 heavy (non-hydrogen) atoms. The van der Waals surface area contributed by atoms with E-state index in [0.717, 1.165) is 43.1 Å². The van der Waals surface area contributed by atoms with Gasteiger partial charge < -0.3 is 16.0 Å². The first-order chi connectivity index (χ1) is 8.76. The molecule has 2 aliphatic rings. The lowest BCUT2D eigenvalue weighted by atomic mass is 10.0. The fraction of sp³-hybridized carbons (Fsp3) is 0.692. The molecule has 1 aromatic heterocycles. The van der Waals surface area contributed by atoms with Crippen LogP contribution in [0.1, 0.15) is 26.2 Å². The summed E-state index contributed by atoms with van der Waals surface area (Å²) < 4.78 is 0. The third-order valence-electron chi connectivity index (χ3n) is 4.14. The molecular weight excluding hydrogens is 226 g/mol. The van der Waals surface area contributed by atoms with Crippen LogP contribution in [-0.4, -0.2) is 29.6 Å². The minimum absolute atomic E-state index is 0.362. The van der Waals surface area contributed by atoms with E-state index in [4.69, 9.17) is 5.73 Å². The molecule has 5 nitrogen and oxygen atoms in total. The number of hydrogen-bond acceptors (Lipinski definition) is 5. The molecule has 2 unspecified atom stereocenters. The molecule has 3 N–H and O–H groups in total. The van der Waals surface area contributed by atoms with Crippen molar-refractivity contribution in [3.8, 4) is 0 Å². The molecule has 1 aromatic rings. The summed E-state index contributed by atoms with van der Waals surface area (Å²) in [5.41, 5.74) is 5.78. The van der Waals surface area contributed by atoms with Crippen LogP contribution in [0.25, 0.3) is 0 Å². The highest BCUT2D eigenvalue weighted by Crippen LogP contribution is 2.39. The topological polar surface area (TPSA) is 67.1 Å². The molecule has 0 radical (unpaired) electrons. The average molecular weight is 247 g/mol. The van der Waals surface area contributed by atoms with Gasteiger partial charge in [0.2, 0.25) is 5.95 Å². The van der Waals surface area contributed by atoms with Crippen molar-refractivity contribution in [1.82, 2.24) is 9.97 Å². The first-order valence-electron chi connectivity index (χ1n) is 6.89. The number of nitrogen functional groups attached to an aromatic ring is 1. The number of nitrogens with one attached hydrogen (secondary N) is 1. The van der Waals surface area contributed by atoms with Gasteiger partial charge in [-0.15, -0.1) is 0 Å². The number of anilines is 3. The molecule has 0 spiro atoms. The summed E-state index contributed by atoms with van der Waals surface area (Å²) in [5.74, 6) is 3.90. The highest BCUT2D eigenvalue weighted by atomic mass is 15.2. The molecule has 1 aliphatic heterocycles. The molecule has 3 rings (SSSR count). The van der Waals surface area contributed by atoms with Gasteiger partial charge in [-0.1, -0.05) is 6.42 Å². The molecule has 0 aromatic carbocycles. The Kier molecular flexibility index (Phi) is 2.97. The lowest BCUT2D eigenvalue weighted by Crippen LogP contribution is -2.22. The van der Waals surface area contributed by atoms with Crippen LogP contribution in [0, 0.1) is 11.8 Å². The van der Waals surface area contributed by atoms with E-state index in [2.05, 4.69) is 27.1 Å². The molecule has 2 atom stereocenters. The normalized spacial score (nSPS) is 26.4. The van der Waals surface area contributed by atoms with Crippen LogP contribution in [0.15, 0.2) is 6.07 Å². The Morgan fingerprint density at radius 1 is 1.33 bits per heavy atom. The highest BCUT2D eigenvalue weighted by Gasteiger charge is 2.36. The van der Waals surface area contributed by atoms with Gasteiger partial charge in [-0.2, -0.15) is 9.97 Å². The minimum atomic E-state index is 0.362. The Labute approximate surface area is 108 Å². The maximum absolute atomic E-state index is 5.78. The molecule has 98 valence electrons. The summed E-state index contributed by atoms with van der Waals surface area (Å²) in [6.07, 6.45) is 4.15. The summed E-state index contributed by atoms with van der Waals surface area (Å²) in [5, 5.41) is 3.20. The summed E-state index contributed by atoms with van der Waals surface area (Å²) in [6.45, 7) is 5.17. The van der Waals surface area contributed by atoms with Gasteiger partial charge in [-0.3, -0.25) is 0 Å². The van der Waals surface area contributed by atoms with Gasteiger partial charge in [0.25, 0.3) is 0 Å². The predicted molar refractivity (Wildman–Crippen MR) is 73.7 cm³/mol. The summed E-state index contributed by atoms with van der Waals surface area (Å²) in [6, 6.07) is 2.01. The standard InChI is InChI=1S/C13H21N5/c1-2-15-11-6-12(17-13(14)16-11)18-7-9-4-3-5-10(9)8-18/h6,9-10H,2-5,7-8H2,1H3,(H3,14,15,16,17). The smallest absolute Gasteiger partial charge is 0.223 e. The zero-order valence-electron chi connectivity index (χ0n) is 10.9. The lowest BCUT2D eigenvalue weighted by Gasteiger charge is -2.19. The number of rotatable bonds is 3. The van der Waals surface area contributed by atoms with E-state index < -0.39 is 0 Å². The molecule has 1 saturated heterocycles. The van der Waals surface area contributed by atoms with Gasteiger partial charge in [0, 0.05) is 25.7 Å². The van der Waals surface area contributed by atoms with E-state index in [0.29, 0.717) is 5.95 Å². The summed E-state index contributed by atoms with van der Waals surface area (Å²) in [7, 11) is 0. The lowest BCUT2D eigenvalue weighted by molar-refractivity contribution is 0.494. The van der Waals surface area contributed by atoms with Gasteiger partial charge in [-0.05, 0) is 31.6 Å². The van der Waals surface area contributed by atoms with Crippen LogP contribution >= 0.6 is 0 Å². The molecule has 0 bridgehead atoms. The predicted octanol–water partition coefficient (Wildman–Crippen LogP) is 1.73. The maximum atomic E-state index is 5.78. The van der Waals surface area contributed by atoms with Crippen LogP contribution in [0.2, 0.25) is 0 Å². The summed E-state index contributed by atoms with van der Waals surface area (Å²) in [4.78, 5) is 10.9. The molecule has 0 amide bonds. The SMILES string of the molecule is CCNc1cc(N2CC3CCCC3C2)nc(N)n1. The van der Waals surface area contributed by atoms with Crippen molar-refractivity contribution >= 4 is 17.6 Å². The number of hydrogen-bond donors (Lipinski definition) is 2. The minimum Gasteiger partial charge on any atom is -0.370 e. The zero-order chi connectivity index (χ0) is 12.5. The van der Waals surface area contributed by atoms with Crippen molar-refractivity contribution in [3.63, 3.8) is 0 Å². The highest BCUT2D eigenvalue weighted by molar-refractivity contribution is 5.53. The maximum Gasteiger partial charge on any atom is 0.223 e. The van der Waals surface area contributed by atoms with E-state index in [1.54, 1.807) is 0 Å². The van der Waals surface area contributed by atoms with Gasteiger partial charge >= 0.3 is 0 Å². The van der Waals surface area contributed by atoms with Crippen LogP contribution in [0.5, 0.6) is 0 Å². The van der Waals surface area contributed by atoms with Crippen LogP contribution in [0.4, 0.5) is 17.6 Å². The number of aromatic nitrogens is 2. The Bertz CT molecular complexity index is 421. The van der Waals surface area contributed by atoms with E-state index in [9.17, 15) is 0 Å². The quantitative estimate of drug-likeness (QED) is 0.851. The third kappa shape index (κ3) is 2.09. The Morgan fingerprint density at radius 2 is 2.06 bits per heavy atom. The van der Waals surface area contributed by atoms with E-state index in [1.807, 2.05) is 6.07 Å². The van der Waals surface area contributed by atoms with Crippen molar-refractivity contribution in [3.05, 3.63) is 6.07 Å². The van der Waals surface area contributed by atoms with Crippen LogP contribution in [0.3, 0.4) is 0 Å². The number of nitrogens with two attached hydrogens (primary N) is 1. The summed E-state index contributed by atoms with van der Waals surface area (Å²) >= 11 is 0. The molecule has 2 fully saturated rings. The van der Waals surface area contributed by atoms with Crippen molar-refractivity contribution in [2.24, 2.45) is 11.8 Å². The average Bonchev–Trinajstić information content (AvgIpc) is 2.88. The number of nitrogens with zero attached hydrogens (tertiary/aromatic N) is 3. The third-order valence-corrected chi connectivity index (χ3v) is 4.14. The van der Waals surface area contributed by atoms with E-state index in [1.165, 1.54) is 19.3 Å². The van der Waals surface area contributed by atoms with Gasteiger partial charge in [0.1, 0.15) is 11.6 Å². The van der Waals surface area contributed by atoms with Crippen molar-refractivity contribution < 1.29 is 0 Å². The van der Waals surface area contributed by atoms with Gasteiger partial charge in [0.15, 0.2) is 0 Å². The monoisotopic (exact) mass is 247 g/mol. The second kappa shape index (κ2) is 4.63. The molecule has 1 saturated carbocycles. The van der Waals surface area contributed by atoms with Crippen molar-refractivity contribution in [2.45, 2.75) is 26.2 Å². The number of fused-ring (bicyclic) bond motifs is 1. The Morgan fingerprint density at radius 3 is 2.72 bits per heavy atom. The largest absolute Gasteiger partial charge is 0.370 e. The second-order valence-corrected chi connectivity index (χ2v) is 5.36. The fourth-order valence-electron chi connectivity index (χ4n) is 3.31. The van der Waals surface area contributed by atoms with E-state index >= 15 is 0 Å². The first-order valence-corrected chi connectivity index (χ1v) is 6.89. The van der Waals surface area contributed by atoms with E-state index in [-0.39, 0.29) is 0 Å². The first kappa shape index (κ1) is 11.6. The molecular formula is C13H21N5. The van der Waals surface area contributed by atoms with Gasteiger partial charge in [0.05, 0.1) is 0 Å². The second-order valence-electron chi connectivity index (χ2n) is 5.36. The Balaban J connectivity index is 1.79.